The molecule has 0 bridgehead atoms. The van der Waals surface area contributed by atoms with Crippen LogP contribution in [0.2, 0.25) is 0 Å². The van der Waals surface area contributed by atoms with Gasteiger partial charge in [-0.3, -0.25) is 4.79 Å². The number of rotatable bonds is 2. The van der Waals surface area contributed by atoms with E-state index in [4.69, 9.17) is 4.74 Å². The molecule has 0 radical (unpaired) electrons. The molecule has 2 atom stereocenters. The summed E-state index contributed by atoms with van der Waals surface area (Å²) in [6.07, 6.45) is 2.08. The van der Waals surface area contributed by atoms with Crippen molar-refractivity contribution in [3.8, 4) is 5.75 Å². The summed E-state index contributed by atoms with van der Waals surface area (Å²) in [7, 11) is 0. The first-order chi connectivity index (χ1) is 9.27. The molecule has 2 nitrogen and oxygen atoms in total. The number of benzene rings is 1. The number of fused-ring (bicyclic) bond motifs is 1. The molecule has 3 rings (SSSR count). The number of ketones is 1. The van der Waals surface area contributed by atoms with Crippen LogP contribution in [0.1, 0.15) is 29.3 Å². The largest absolute Gasteiger partial charge is 0.493 e. The zero-order chi connectivity index (χ0) is 13.2. The highest BCUT2D eigenvalue weighted by molar-refractivity contribution is 8.07. The average Bonchev–Trinajstić information content (AvgIpc) is 2.46. The van der Waals surface area contributed by atoms with Crippen LogP contribution in [-0.2, 0) is 6.42 Å². The molecule has 0 saturated carbocycles. The Balaban J connectivity index is 1.91. The lowest BCUT2D eigenvalue weighted by molar-refractivity contribution is 0.0984. The quantitative estimate of drug-likeness (QED) is 0.781. The molecule has 19 heavy (non-hydrogen) atoms. The van der Waals surface area contributed by atoms with Gasteiger partial charge in [-0.05, 0) is 24.5 Å². The Hall–Kier alpha value is -0.610. The minimum atomic E-state index is 0.0794. The van der Waals surface area contributed by atoms with Gasteiger partial charge in [0.25, 0.3) is 0 Å². The number of carbonyl (C=O) groups excluding carboxylic acids is 1. The van der Waals surface area contributed by atoms with Crippen molar-refractivity contribution in [2.24, 2.45) is 0 Å². The van der Waals surface area contributed by atoms with Crippen molar-refractivity contribution in [3.63, 3.8) is 0 Å². The molecule has 0 aromatic heterocycles. The lowest BCUT2D eigenvalue weighted by Gasteiger charge is -2.28. The van der Waals surface area contributed by atoms with Crippen molar-refractivity contribution in [1.82, 2.24) is 0 Å². The van der Waals surface area contributed by atoms with Crippen LogP contribution in [0.15, 0.2) is 18.2 Å². The van der Waals surface area contributed by atoms with Crippen LogP contribution in [0.3, 0.4) is 0 Å². The van der Waals surface area contributed by atoms with Gasteiger partial charge >= 0.3 is 0 Å². The fourth-order valence-corrected chi connectivity index (χ4v) is 5.37. The summed E-state index contributed by atoms with van der Waals surface area (Å²) in [4.78, 5) is 12.8. The van der Waals surface area contributed by atoms with Crippen LogP contribution in [0.25, 0.3) is 0 Å². The fourth-order valence-electron chi connectivity index (χ4n) is 2.66. The third-order valence-electron chi connectivity index (χ3n) is 3.65. The topological polar surface area (TPSA) is 26.3 Å². The molecule has 0 aliphatic carbocycles. The summed E-state index contributed by atoms with van der Waals surface area (Å²) in [5, 5.41) is 0.474. The SMILES string of the molecule is CC1SCCSC1C(=O)c1cccc2c1OCCC2. The van der Waals surface area contributed by atoms with E-state index >= 15 is 0 Å². The third kappa shape index (κ3) is 2.65. The highest BCUT2D eigenvalue weighted by Crippen LogP contribution is 2.36. The van der Waals surface area contributed by atoms with Gasteiger partial charge in [0, 0.05) is 16.8 Å². The second-order valence-corrected chi connectivity index (χ2v) is 7.71. The molecule has 4 heteroatoms. The number of aryl methyl sites for hydroxylation is 1. The predicted octanol–water partition coefficient (Wildman–Crippen LogP) is 3.43. The average molecular weight is 294 g/mol. The number of carbonyl (C=O) groups is 1. The molecule has 102 valence electrons. The highest BCUT2D eigenvalue weighted by atomic mass is 32.2. The van der Waals surface area contributed by atoms with Crippen molar-refractivity contribution < 1.29 is 9.53 Å². The Labute approximate surface area is 122 Å². The zero-order valence-corrected chi connectivity index (χ0v) is 12.7. The van der Waals surface area contributed by atoms with Crippen molar-refractivity contribution in [1.29, 1.82) is 0 Å². The van der Waals surface area contributed by atoms with E-state index < -0.39 is 0 Å². The molecule has 1 fully saturated rings. The van der Waals surface area contributed by atoms with E-state index in [1.807, 2.05) is 23.9 Å². The van der Waals surface area contributed by atoms with Gasteiger partial charge in [0.1, 0.15) is 5.75 Å². The number of hydrogen-bond acceptors (Lipinski definition) is 4. The molecule has 0 amide bonds. The van der Waals surface area contributed by atoms with E-state index in [0.717, 1.165) is 42.3 Å². The maximum Gasteiger partial charge on any atom is 0.180 e. The molecule has 1 aromatic carbocycles. The van der Waals surface area contributed by atoms with E-state index in [0.29, 0.717) is 5.25 Å². The van der Waals surface area contributed by atoms with Gasteiger partial charge < -0.3 is 4.74 Å². The first-order valence-corrected chi connectivity index (χ1v) is 8.89. The number of ether oxygens (including phenoxy) is 1. The monoisotopic (exact) mass is 294 g/mol. The normalized spacial score (nSPS) is 26.4. The molecule has 2 heterocycles. The van der Waals surface area contributed by atoms with E-state index in [1.165, 1.54) is 5.56 Å². The first-order valence-electron chi connectivity index (χ1n) is 6.79. The fraction of sp³-hybridized carbons (Fsp3) is 0.533. The van der Waals surface area contributed by atoms with Crippen LogP contribution < -0.4 is 4.74 Å². The van der Waals surface area contributed by atoms with Crippen molar-refractivity contribution in [3.05, 3.63) is 29.3 Å². The summed E-state index contributed by atoms with van der Waals surface area (Å²) in [5.74, 6) is 3.32. The summed E-state index contributed by atoms with van der Waals surface area (Å²) >= 11 is 3.70. The van der Waals surface area contributed by atoms with Gasteiger partial charge in [-0.2, -0.15) is 11.8 Å². The van der Waals surface area contributed by atoms with Crippen molar-refractivity contribution in [2.75, 3.05) is 18.1 Å². The zero-order valence-electron chi connectivity index (χ0n) is 11.1. The van der Waals surface area contributed by atoms with Gasteiger partial charge in [-0.1, -0.05) is 19.1 Å². The molecule has 2 aliphatic rings. The second kappa shape index (κ2) is 5.80. The Bertz CT molecular complexity index is 487. The molecule has 0 N–H and O–H groups in total. The Morgan fingerprint density at radius 3 is 3.00 bits per heavy atom. The van der Waals surface area contributed by atoms with Crippen molar-refractivity contribution in [2.45, 2.75) is 30.3 Å². The Morgan fingerprint density at radius 2 is 2.16 bits per heavy atom. The standard InChI is InChI=1S/C15H18O2S2/c1-10-15(19-9-8-18-10)13(16)12-6-2-4-11-5-3-7-17-14(11)12/h2,4,6,10,15H,3,5,7-9H2,1H3. The van der Waals surface area contributed by atoms with Crippen LogP contribution in [0.4, 0.5) is 0 Å². The van der Waals surface area contributed by atoms with Gasteiger partial charge in [0.05, 0.1) is 17.4 Å². The Morgan fingerprint density at radius 1 is 1.32 bits per heavy atom. The molecular weight excluding hydrogens is 276 g/mol. The second-order valence-electron chi connectivity index (χ2n) is 4.98. The van der Waals surface area contributed by atoms with Gasteiger partial charge in [-0.15, -0.1) is 11.8 Å². The highest BCUT2D eigenvalue weighted by Gasteiger charge is 2.32. The number of para-hydroxylation sites is 1. The molecule has 1 saturated heterocycles. The van der Waals surface area contributed by atoms with Crippen LogP contribution >= 0.6 is 23.5 Å². The third-order valence-corrected chi connectivity index (χ3v) is 6.73. The number of thioether (sulfide) groups is 2. The smallest absolute Gasteiger partial charge is 0.180 e. The predicted molar refractivity (Wildman–Crippen MR) is 82.8 cm³/mol. The maximum atomic E-state index is 12.8. The summed E-state index contributed by atoms with van der Waals surface area (Å²) < 4.78 is 5.76. The molecule has 2 unspecified atom stereocenters. The minimum absolute atomic E-state index is 0.0794. The van der Waals surface area contributed by atoms with E-state index in [-0.39, 0.29) is 11.0 Å². The summed E-state index contributed by atoms with van der Waals surface area (Å²) in [5.41, 5.74) is 1.99. The van der Waals surface area contributed by atoms with Gasteiger partial charge in [-0.25, -0.2) is 0 Å². The van der Waals surface area contributed by atoms with E-state index in [2.05, 4.69) is 13.0 Å². The lowest BCUT2D eigenvalue weighted by atomic mass is 9.98. The van der Waals surface area contributed by atoms with E-state index in [9.17, 15) is 4.79 Å². The number of hydrogen-bond donors (Lipinski definition) is 0. The van der Waals surface area contributed by atoms with Crippen LogP contribution in [0, 0.1) is 0 Å². The van der Waals surface area contributed by atoms with Crippen LogP contribution in [-0.4, -0.2) is 34.4 Å². The van der Waals surface area contributed by atoms with Crippen LogP contribution in [0.5, 0.6) is 5.75 Å². The molecule has 2 aliphatic heterocycles. The van der Waals surface area contributed by atoms with E-state index in [1.54, 1.807) is 11.8 Å². The summed E-state index contributed by atoms with van der Waals surface area (Å²) in [6, 6.07) is 6.00. The maximum absolute atomic E-state index is 12.8. The first kappa shape index (κ1) is 13.4. The number of Topliss-reactive ketones (excluding diaryl/α,β-unsaturated/α-hetero) is 1. The van der Waals surface area contributed by atoms with Crippen molar-refractivity contribution >= 4 is 29.3 Å². The van der Waals surface area contributed by atoms with Gasteiger partial charge in [0.15, 0.2) is 5.78 Å². The molecule has 0 spiro atoms. The lowest BCUT2D eigenvalue weighted by Crippen LogP contribution is -2.31. The molecular formula is C15H18O2S2. The molecule has 1 aromatic rings. The Kier molecular flexibility index (Phi) is 4.08. The summed E-state index contributed by atoms with van der Waals surface area (Å²) in [6.45, 7) is 2.90. The minimum Gasteiger partial charge on any atom is -0.493 e. The van der Waals surface area contributed by atoms with Gasteiger partial charge in [0.2, 0.25) is 0 Å².